The molecule has 0 fully saturated rings. The Balaban J connectivity index is 1.50. The third kappa shape index (κ3) is 5.50. The molecule has 0 spiro atoms. The van der Waals surface area contributed by atoms with Gasteiger partial charge >= 0.3 is 6.18 Å². The number of thiophene rings is 1. The summed E-state index contributed by atoms with van der Waals surface area (Å²) in [5.41, 5.74) is 0.173. The number of aromatic nitrogens is 4. The Morgan fingerprint density at radius 2 is 1.97 bits per heavy atom. The number of halogens is 3. The van der Waals surface area contributed by atoms with Gasteiger partial charge in [0.15, 0.2) is 0 Å². The molecule has 0 N–H and O–H groups in total. The van der Waals surface area contributed by atoms with Crippen molar-refractivity contribution >= 4 is 39.9 Å². The fourth-order valence-corrected chi connectivity index (χ4v) is 4.61. The smallest absolute Gasteiger partial charge is 0.418 e. The van der Waals surface area contributed by atoms with Crippen molar-refractivity contribution in [2.45, 2.75) is 31.1 Å². The number of carbonyl (C=O) groups is 1. The van der Waals surface area contributed by atoms with Crippen molar-refractivity contribution in [3.63, 3.8) is 0 Å². The van der Waals surface area contributed by atoms with E-state index in [0.717, 1.165) is 16.6 Å². The second kappa shape index (κ2) is 9.87. The van der Waals surface area contributed by atoms with E-state index in [4.69, 9.17) is 4.42 Å². The van der Waals surface area contributed by atoms with Crippen molar-refractivity contribution in [3.8, 4) is 10.8 Å². The number of fused-ring (bicyclic) bond motifs is 1. The number of benzene rings is 1. The van der Waals surface area contributed by atoms with Crippen LogP contribution in [-0.4, -0.2) is 43.3 Å². The van der Waals surface area contributed by atoms with E-state index < -0.39 is 12.0 Å². The molecule has 4 rings (SSSR count). The van der Waals surface area contributed by atoms with Crippen molar-refractivity contribution in [1.29, 1.82) is 0 Å². The van der Waals surface area contributed by atoms with Crippen LogP contribution in [0.2, 0.25) is 0 Å². The zero-order valence-corrected chi connectivity index (χ0v) is 19.0. The number of amides is 1. The highest BCUT2D eigenvalue weighted by atomic mass is 32.2. The first-order valence-corrected chi connectivity index (χ1v) is 11.8. The standard InChI is InChI=1S/C21H18F3N5O2S2/c1-2-9-29(11-16-27-28-18(31-16)15-8-5-10-32-15)17(30)12-33-19-13-6-3-4-7-14(13)25-20(26-19)21(22,23)24/h3-8,10H,2,9,11-12H2,1H3. The minimum Gasteiger partial charge on any atom is -0.418 e. The largest absolute Gasteiger partial charge is 0.451 e. The van der Waals surface area contributed by atoms with E-state index in [-0.39, 0.29) is 34.6 Å². The van der Waals surface area contributed by atoms with E-state index in [1.54, 1.807) is 23.1 Å². The van der Waals surface area contributed by atoms with Crippen LogP contribution in [0.25, 0.3) is 21.7 Å². The number of alkyl halides is 3. The van der Waals surface area contributed by atoms with Crippen LogP contribution in [0, 0.1) is 0 Å². The van der Waals surface area contributed by atoms with Crippen LogP contribution in [0.1, 0.15) is 25.1 Å². The van der Waals surface area contributed by atoms with Crippen LogP contribution in [-0.2, 0) is 17.5 Å². The number of hydrogen-bond acceptors (Lipinski definition) is 8. The topological polar surface area (TPSA) is 85.0 Å². The van der Waals surface area contributed by atoms with E-state index in [2.05, 4.69) is 20.2 Å². The predicted octanol–water partition coefficient (Wildman–Crippen LogP) is 5.29. The molecule has 0 aliphatic rings. The summed E-state index contributed by atoms with van der Waals surface area (Å²) in [6, 6.07) is 10.1. The summed E-state index contributed by atoms with van der Waals surface area (Å²) in [6.45, 7) is 2.48. The highest BCUT2D eigenvalue weighted by molar-refractivity contribution is 8.00. The van der Waals surface area contributed by atoms with Gasteiger partial charge in [-0.25, -0.2) is 9.97 Å². The number of carbonyl (C=O) groups excluding carboxylic acids is 1. The lowest BCUT2D eigenvalue weighted by molar-refractivity contribution is -0.145. The Morgan fingerprint density at radius 3 is 2.70 bits per heavy atom. The molecule has 7 nitrogen and oxygen atoms in total. The van der Waals surface area contributed by atoms with Crippen molar-refractivity contribution in [1.82, 2.24) is 25.1 Å². The van der Waals surface area contributed by atoms with Crippen LogP contribution in [0.4, 0.5) is 13.2 Å². The third-order valence-corrected chi connectivity index (χ3v) is 6.36. The molecule has 1 aromatic carbocycles. The van der Waals surface area contributed by atoms with Gasteiger partial charge in [-0.3, -0.25) is 4.79 Å². The zero-order valence-electron chi connectivity index (χ0n) is 17.4. The monoisotopic (exact) mass is 493 g/mol. The summed E-state index contributed by atoms with van der Waals surface area (Å²) in [5, 5.41) is 10.5. The van der Waals surface area contributed by atoms with Gasteiger partial charge in [-0.15, -0.1) is 21.5 Å². The first kappa shape index (κ1) is 23.2. The molecule has 0 atom stereocenters. The van der Waals surface area contributed by atoms with E-state index in [9.17, 15) is 18.0 Å². The van der Waals surface area contributed by atoms with E-state index >= 15 is 0 Å². The first-order chi connectivity index (χ1) is 15.8. The van der Waals surface area contributed by atoms with Gasteiger partial charge in [0.25, 0.3) is 5.89 Å². The number of para-hydroxylation sites is 1. The Bertz CT molecular complexity index is 1240. The average molecular weight is 494 g/mol. The van der Waals surface area contributed by atoms with Gasteiger partial charge in [0, 0.05) is 11.9 Å². The summed E-state index contributed by atoms with van der Waals surface area (Å²) < 4.78 is 45.4. The van der Waals surface area contributed by atoms with Crippen molar-refractivity contribution in [3.05, 3.63) is 53.5 Å². The molecule has 0 unspecified atom stereocenters. The van der Waals surface area contributed by atoms with Crippen LogP contribution < -0.4 is 0 Å². The highest BCUT2D eigenvalue weighted by Gasteiger charge is 2.35. The second-order valence-electron chi connectivity index (χ2n) is 6.95. The molecule has 33 heavy (non-hydrogen) atoms. The molecule has 4 aromatic rings. The zero-order chi connectivity index (χ0) is 23.4. The summed E-state index contributed by atoms with van der Waals surface area (Å²) in [4.78, 5) is 22.6. The summed E-state index contributed by atoms with van der Waals surface area (Å²) in [7, 11) is 0. The van der Waals surface area contributed by atoms with Gasteiger partial charge in [0.05, 0.1) is 22.7 Å². The third-order valence-electron chi connectivity index (χ3n) is 4.53. The van der Waals surface area contributed by atoms with Gasteiger partial charge in [0.1, 0.15) is 5.03 Å². The Morgan fingerprint density at radius 1 is 1.15 bits per heavy atom. The molecule has 0 aliphatic carbocycles. The SMILES string of the molecule is CCCN(Cc1nnc(-c2cccs2)o1)C(=O)CSc1nc(C(F)(F)F)nc2ccccc12. The lowest BCUT2D eigenvalue weighted by Crippen LogP contribution is -2.32. The Hall–Kier alpha value is -2.99. The maximum absolute atomic E-state index is 13.2. The fourth-order valence-electron chi connectivity index (χ4n) is 3.05. The van der Waals surface area contributed by atoms with Crippen molar-refractivity contribution in [2.75, 3.05) is 12.3 Å². The molecule has 172 valence electrons. The number of hydrogen-bond donors (Lipinski definition) is 0. The molecular weight excluding hydrogens is 475 g/mol. The Labute approximate surface area is 195 Å². The van der Waals surface area contributed by atoms with Crippen LogP contribution in [0.3, 0.4) is 0 Å². The fraction of sp³-hybridized carbons (Fsp3) is 0.286. The highest BCUT2D eigenvalue weighted by Crippen LogP contribution is 2.32. The van der Waals surface area contributed by atoms with Gasteiger partial charge in [-0.1, -0.05) is 43.0 Å². The molecule has 0 saturated carbocycles. The minimum atomic E-state index is -4.68. The lowest BCUT2D eigenvalue weighted by atomic mass is 10.2. The molecule has 3 heterocycles. The minimum absolute atomic E-state index is 0.0930. The normalized spacial score (nSPS) is 11.8. The molecule has 1 amide bonds. The second-order valence-corrected chi connectivity index (χ2v) is 8.86. The van der Waals surface area contributed by atoms with E-state index in [0.29, 0.717) is 24.2 Å². The van der Waals surface area contributed by atoms with E-state index in [1.807, 2.05) is 24.4 Å². The van der Waals surface area contributed by atoms with Gasteiger partial charge in [0.2, 0.25) is 17.6 Å². The van der Waals surface area contributed by atoms with Crippen LogP contribution in [0.5, 0.6) is 0 Å². The van der Waals surface area contributed by atoms with E-state index in [1.165, 1.54) is 17.4 Å². The molecular formula is C21H18F3N5O2S2. The molecule has 3 aromatic heterocycles. The molecule has 0 radical (unpaired) electrons. The lowest BCUT2D eigenvalue weighted by Gasteiger charge is -2.20. The quantitative estimate of drug-likeness (QED) is 0.244. The van der Waals surface area contributed by atoms with Gasteiger partial charge in [-0.2, -0.15) is 13.2 Å². The van der Waals surface area contributed by atoms with Crippen LogP contribution in [0.15, 0.2) is 51.2 Å². The number of thioether (sulfide) groups is 1. The van der Waals surface area contributed by atoms with Gasteiger partial charge in [-0.05, 0) is 23.9 Å². The average Bonchev–Trinajstić information content (AvgIpc) is 3.48. The number of rotatable bonds is 8. The maximum atomic E-state index is 13.2. The van der Waals surface area contributed by atoms with Gasteiger partial charge < -0.3 is 9.32 Å². The summed E-state index contributed by atoms with van der Waals surface area (Å²) in [5.74, 6) is -0.922. The first-order valence-electron chi connectivity index (χ1n) is 9.96. The Kier molecular flexibility index (Phi) is 6.94. The molecule has 12 heteroatoms. The predicted molar refractivity (Wildman–Crippen MR) is 119 cm³/mol. The molecule has 0 aliphatic heterocycles. The van der Waals surface area contributed by atoms with Crippen LogP contribution >= 0.6 is 23.1 Å². The maximum Gasteiger partial charge on any atom is 0.451 e. The van der Waals surface area contributed by atoms with Crippen molar-refractivity contribution < 1.29 is 22.4 Å². The van der Waals surface area contributed by atoms with Crippen molar-refractivity contribution in [2.24, 2.45) is 0 Å². The number of nitrogens with zero attached hydrogens (tertiary/aromatic N) is 5. The summed E-state index contributed by atoms with van der Waals surface area (Å²) in [6.07, 6.45) is -3.99. The molecule has 0 saturated heterocycles. The molecule has 0 bridgehead atoms. The summed E-state index contributed by atoms with van der Waals surface area (Å²) >= 11 is 2.41.